The van der Waals surface area contributed by atoms with Crippen LogP contribution in [0.25, 0.3) is 0 Å². The predicted molar refractivity (Wildman–Crippen MR) is 58.9 cm³/mol. The molecule has 1 fully saturated rings. The van der Waals surface area contributed by atoms with Crippen LogP contribution in [0.1, 0.15) is 30.3 Å². The molecule has 1 aliphatic rings. The maximum atomic E-state index is 11.8. The van der Waals surface area contributed by atoms with Crippen LogP contribution in [0.15, 0.2) is 6.20 Å². The smallest absolute Gasteiger partial charge is 0.271 e. The molecule has 16 heavy (non-hydrogen) atoms. The molecule has 0 radical (unpaired) electrons. The second-order valence-electron chi connectivity index (χ2n) is 4.01. The lowest BCUT2D eigenvalue weighted by atomic mass is 10.1. The van der Waals surface area contributed by atoms with Crippen molar-refractivity contribution < 1.29 is 9.53 Å². The van der Waals surface area contributed by atoms with Crippen molar-refractivity contribution in [3.05, 3.63) is 11.9 Å². The van der Waals surface area contributed by atoms with Gasteiger partial charge in [-0.1, -0.05) is 0 Å². The van der Waals surface area contributed by atoms with E-state index in [2.05, 4.69) is 15.5 Å². The van der Waals surface area contributed by atoms with Crippen LogP contribution in [0.2, 0.25) is 0 Å². The van der Waals surface area contributed by atoms with Crippen molar-refractivity contribution in [1.82, 2.24) is 15.5 Å². The topological polar surface area (TPSA) is 93.0 Å². The molecule has 0 spiro atoms. The first-order valence-corrected chi connectivity index (χ1v) is 5.40. The maximum absolute atomic E-state index is 11.8. The van der Waals surface area contributed by atoms with E-state index in [1.807, 2.05) is 6.92 Å². The van der Waals surface area contributed by atoms with Gasteiger partial charge < -0.3 is 15.8 Å². The number of rotatable bonds is 3. The van der Waals surface area contributed by atoms with Crippen LogP contribution in [0, 0.1) is 0 Å². The molecule has 4 N–H and O–H groups in total. The highest BCUT2D eigenvalue weighted by Crippen LogP contribution is 2.16. The number of nitrogen functional groups attached to an aromatic ring is 1. The van der Waals surface area contributed by atoms with Crippen LogP contribution < -0.4 is 11.1 Å². The predicted octanol–water partition coefficient (Wildman–Crippen LogP) is 0.289. The first-order valence-electron chi connectivity index (χ1n) is 5.40. The Labute approximate surface area is 93.5 Å². The van der Waals surface area contributed by atoms with Gasteiger partial charge in [-0.3, -0.25) is 9.89 Å². The fourth-order valence-electron chi connectivity index (χ4n) is 1.85. The molecule has 2 heterocycles. The lowest BCUT2D eigenvalue weighted by molar-refractivity contribution is 0.0710. The minimum Gasteiger partial charge on any atom is -0.396 e. The molecule has 6 heteroatoms. The largest absolute Gasteiger partial charge is 0.396 e. The van der Waals surface area contributed by atoms with Gasteiger partial charge in [-0.15, -0.1) is 0 Å². The molecule has 0 aliphatic carbocycles. The number of carbonyl (C=O) groups is 1. The van der Waals surface area contributed by atoms with Crippen LogP contribution in [0.5, 0.6) is 0 Å². The second kappa shape index (κ2) is 4.52. The second-order valence-corrected chi connectivity index (χ2v) is 4.01. The van der Waals surface area contributed by atoms with Crippen LogP contribution in [-0.2, 0) is 4.74 Å². The Morgan fingerprint density at radius 3 is 3.19 bits per heavy atom. The Bertz CT molecular complexity index is 371. The van der Waals surface area contributed by atoms with Gasteiger partial charge in [0.25, 0.3) is 5.91 Å². The summed E-state index contributed by atoms with van der Waals surface area (Å²) in [6.45, 7) is 2.71. The minimum absolute atomic E-state index is 0.0160. The lowest BCUT2D eigenvalue weighted by Crippen LogP contribution is -2.41. The highest BCUT2D eigenvalue weighted by molar-refractivity contribution is 5.97. The zero-order chi connectivity index (χ0) is 11.5. The number of ether oxygens (including phenoxy) is 1. The summed E-state index contributed by atoms with van der Waals surface area (Å²) in [7, 11) is 0. The molecule has 1 saturated heterocycles. The van der Waals surface area contributed by atoms with Gasteiger partial charge in [-0.05, 0) is 19.8 Å². The van der Waals surface area contributed by atoms with Crippen molar-refractivity contribution in [3.63, 3.8) is 0 Å². The number of H-pyrrole nitrogens is 1. The Hall–Kier alpha value is -1.56. The number of aromatic amines is 1. The fourth-order valence-corrected chi connectivity index (χ4v) is 1.85. The molecule has 1 aliphatic heterocycles. The third-order valence-electron chi connectivity index (χ3n) is 2.78. The summed E-state index contributed by atoms with van der Waals surface area (Å²) in [4.78, 5) is 11.8. The van der Waals surface area contributed by atoms with Crippen molar-refractivity contribution in [2.45, 2.75) is 31.9 Å². The molecule has 0 saturated carbocycles. The first kappa shape index (κ1) is 10.9. The molecule has 1 aromatic heterocycles. The van der Waals surface area contributed by atoms with Gasteiger partial charge in [0.1, 0.15) is 5.69 Å². The Kier molecular flexibility index (Phi) is 3.09. The van der Waals surface area contributed by atoms with Crippen molar-refractivity contribution in [3.8, 4) is 0 Å². The molecule has 1 aromatic rings. The molecule has 0 bridgehead atoms. The average Bonchev–Trinajstić information content (AvgIpc) is 2.86. The number of nitrogens with zero attached hydrogens (tertiary/aromatic N) is 1. The summed E-state index contributed by atoms with van der Waals surface area (Å²) in [5.41, 5.74) is 6.25. The van der Waals surface area contributed by atoms with E-state index in [-0.39, 0.29) is 18.1 Å². The number of nitrogens with one attached hydrogen (secondary N) is 2. The minimum atomic E-state index is -0.238. The maximum Gasteiger partial charge on any atom is 0.271 e. The molecular weight excluding hydrogens is 208 g/mol. The molecule has 0 aromatic carbocycles. The van der Waals surface area contributed by atoms with Crippen molar-refractivity contribution in [1.29, 1.82) is 0 Å². The number of hydrogen-bond donors (Lipinski definition) is 3. The van der Waals surface area contributed by atoms with E-state index < -0.39 is 0 Å². The van der Waals surface area contributed by atoms with E-state index in [4.69, 9.17) is 10.5 Å². The van der Waals surface area contributed by atoms with E-state index in [0.29, 0.717) is 11.4 Å². The number of aromatic nitrogens is 2. The van der Waals surface area contributed by atoms with Gasteiger partial charge >= 0.3 is 0 Å². The standard InChI is InChI=1S/C10H16N4O2/c1-6(8-3-2-4-16-8)13-10(15)9-7(11)5-12-14-9/h5-6,8H,2-4,11H2,1H3,(H,12,14)(H,13,15). The zero-order valence-corrected chi connectivity index (χ0v) is 9.19. The number of amides is 1. The molecular formula is C10H16N4O2. The van der Waals surface area contributed by atoms with Crippen LogP contribution in [0.4, 0.5) is 5.69 Å². The van der Waals surface area contributed by atoms with Gasteiger partial charge in [0.05, 0.1) is 24.0 Å². The summed E-state index contributed by atoms with van der Waals surface area (Å²) >= 11 is 0. The SMILES string of the molecule is CC(NC(=O)c1[nH]ncc1N)C1CCCO1. The van der Waals surface area contributed by atoms with Crippen molar-refractivity contribution >= 4 is 11.6 Å². The Morgan fingerprint density at radius 2 is 2.62 bits per heavy atom. The number of carbonyl (C=O) groups excluding carboxylic acids is 1. The monoisotopic (exact) mass is 224 g/mol. The number of anilines is 1. The Balaban J connectivity index is 1.94. The van der Waals surface area contributed by atoms with Gasteiger partial charge in [0.15, 0.2) is 0 Å². The van der Waals surface area contributed by atoms with Crippen molar-refractivity contribution in [2.24, 2.45) is 0 Å². The number of hydrogen-bond acceptors (Lipinski definition) is 4. The van der Waals surface area contributed by atoms with Gasteiger partial charge in [-0.2, -0.15) is 5.10 Å². The summed E-state index contributed by atoms with van der Waals surface area (Å²) in [6, 6.07) is -0.0160. The van der Waals surface area contributed by atoms with Crippen molar-refractivity contribution in [2.75, 3.05) is 12.3 Å². The normalized spacial score (nSPS) is 21.9. The summed E-state index contributed by atoms with van der Waals surface area (Å²) < 4.78 is 5.49. The Morgan fingerprint density at radius 1 is 1.81 bits per heavy atom. The van der Waals surface area contributed by atoms with Gasteiger partial charge in [-0.25, -0.2) is 0 Å². The first-order chi connectivity index (χ1) is 7.68. The zero-order valence-electron chi connectivity index (χ0n) is 9.19. The highest BCUT2D eigenvalue weighted by Gasteiger charge is 2.24. The summed E-state index contributed by atoms with van der Waals surface area (Å²) in [5, 5.41) is 9.13. The van der Waals surface area contributed by atoms with E-state index in [1.54, 1.807) is 0 Å². The van der Waals surface area contributed by atoms with Gasteiger partial charge in [0, 0.05) is 6.61 Å². The molecule has 2 atom stereocenters. The molecule has 2 rings (SSSR count). The summed E-state index contributed by atoms with van der Waals surface area (Å²) in [6.07, 6.45) is 3.57. The van der Waals surface area contributed by atoms with E-state index in [9.17, 15) is 4.79 Å². The molecule has 2 unspecified atom stereocenters. The highest BCUT2D eigenvalue weighted by atomic mass is 16.5. The van der Waals surface area contributed by atoms with Crippen LogP contribution >= 0.6 is 0 Å². The van der Waals surface area contributed by atoms with E-state index in [0.717, 1.165) is 19.4 Å². The van der Waals surface area contributed by atoms with Gasteiger partial charge in [0.2, 0.25) is 0 Å². The lowest BCUT2D eigenvalue weighted by Gasteiger charge is -2.19. The molecule has 88 valence electrons. The van der Waals surface area contributed by atoms with E-state index in [1.165, 1.54) is 6.20 Å². The summed E-state index contributed by atoms with van der Waals surface area (Å²) in [5.74, 6) is -0.238. The number of nitrogens with two attached hydrogens (primary N) is 1. The quantitative estimate of drug-likeness (QED) is 0.688. The van der Waals surface area contributed by atoms with Crippen LogP contribution in [-0.4, -0.2) is 34.9 Å². The van der Waals surface area contributed by atoms with E-state index >= 15 is 0 Å². The molecule has 6 nitrogen and oxygen atoms in total. The third kappa shape index (κ3) is 2.16. The third-order valence-corrected chi connectivity index (χ3v) is 2.78. The molecule has 1 amide bonds. The van der Waals surface area contributed by atoms with Crippen LogP contribution in [0.3, 0.4) is 0 Å². The average molecular weight is 224 g/mol. The fraction of sp³-hybridized carbons (Fsp3) is 0.600.